The fourth-order valence-electron chi connectivity index (χ4n) is 4.00. The third-order valence-corrected chi connectivity index (χ3v) is 5.55. The van der Waals surface area contributed by atoms with Crippen molar-refractivity contribution in [2.75, 3.05) is 18.1 Å². The van der Waals surface area contributed by atoms with E-state index < -0.39 is 5.60 Å². The van der Waals surface area contributed by atoms with Crippen LogP contribution in [0.3, 0.4) is 0 Å². The largest absolute Gasteiger partial charge is 0.359 e. The molecule has 2 aliphatic heterocycles. The molecule has 3 nitrogen and oxygen atoms in total. The topological polar surface area (TPSA) is 29.5 Å². The monoisotopic (exact) mass is 365 g/mol. The van der Waals surface area contributed by atoms with Gasteiger partial charge in [0.15, 0.2) is 5.60 Å². The Labute approximate surface area is 163 Å². The Morgan fingerprint density at radius 1 is 1.26 bits per heavy atom. The number of hydrogen-bond donors (Lipinski definition) is 0. The lowest BCUT2D eigenvalue weighted by molar-refractivity contribution is -0.148. The van der Waals surface area contributed by atoms with Gasteiger partial charge in [-0.3, -0.25) is 4.79 Å². The SMILES string of the molecule is CC(C)=CCC/C(C)=C/CN1C(=O)[C@]2(OCCC=C[C@H]2C)c2ccccc21. The van der Waals surface area contributed by atoms with Gasteiger partial charge in [-0.05, 0) is 46.1 Å². The fourth-order valence-corrected chi connectivity index (χ4v) is 4.00. The molecular weight excluding hydrogens is 334 g/mol. The lowest BCUT2D eigenvalue weighted by Gasteiger charge is -2.32. The molecule has 1 amide bonds. The minimum atomic E-state index is -0.882. The van der Waals surface area contributed by atoms with Crippen LogP contribution in [0.5, 0.6) is 0 Å². The van der Waals surface area contributed by atoms with Gasteiger partial charge < -0.3 is 9.64 Å². The number of anilines is 1. The molecule has 3 rings (SSSR count). The molecule has 3 heteroatoms. The average molecular weight is 366 g/mol. The summed E-state index contributed by atoms with van der Waals surface area (Å²) in [6.45, 7) is 9.65. The zero-order valence-electron chi connectivity index (χ0n) is 17.0. The van der Waals surface area contributed by atoms with Crippen LogP contribution in [0.1, 0.15) is 52.5 Å². The average Bonchev–Trinajstić information content (AvgIpc) is 2.75. The van der Waals surface area contributed by atoms with Gasteiger partial charge in [-0.15, -0.1) is 0 Å². The van der Waals surface area contributed by atoms with Crippen molar-refractivity contribution in [3.8, 4) is 0 Å². The van der Waals surface area contributed by atoms with Crippen LogP contribution < -0.4 is 4.90 Å². The molecule has 0 unspecified atom stereocenters. The minimum absolute atomic E-state index is 0.0152. The van der Waals surface area contributed by atoms with E-state index in [1.807, 2.05) is 29.2 Å². The van der Waals surface area contributed by atoms with Gasteiger partial charge in [-0.2, -0.15) is 0 Å². The summed E-state index contributed by atoms with van der Waals surface area (Å²) in [5.41, 5.74) is 3.77. The molecule has 0 fully saturated rings. The minimum Gasteiger partial charge on any atom is -0.359 e. The zero-order valence-corrected chi connectivity index (χ0v) is 17.0. The summed E-state index contributed by atoms with van der Waals surface area (Å²) in [7, 11) is 0. The molecule has 0 aromatic heterocycles. The number of allylic oxidation sites excluding steroid dienone is 3. The number of hydrogen-bond acceptors (Lipinski definition) is 2. The normalized spacial score (nSPS) is 24.9. The third kappa shape index (κ3) is 3.79. The van der Waals surface area contributed by atoms with Gasteiger partial charge in [0, 0.05) is 18.0 Å². The lowest BCUT2D eigenvalue weighted by Crippen LogP contribution is -2.46. The number of fused-ring (bicyclic) bond motifs is 2. The van der Waals surface area contributed by atoms with Crippen LogP contribution in [-0.2, 0) is 15.1 Å². The Hall–Kier alpha value is -2.13. The van der Waals surface area contributed by atoms with Gasteiger partial charge in [0.2, 0.25) is 0 Å². The summed E-state index contributed by atoms with van der Waals surface area (Å²) in [5.74, 6) is 0.0810. The quantitative estimate of drug-likeness (QED) is 0.642. The van der Waals surface area contributed by atoms with E-state index in [9.17, 15) is 4.79 Å². The van der Waals surface area contributed by atoms with Crippen molar-refractivity contribution >= 4 is 11.6 Å². The highest BCUT2D eigenvalue weighted by Crippen LogP contribution is 2.48. The molecule has 0 radical (unpaired) electrons. The Morgan fingerprint density at radius 2 is 2.04 bits per heavy atom. The number of para-hydroxylation sites is 1. The molecule has 144 valence electrons. The van der Waals surface area contributed by atoms with E-state index in [4.69, 9.17) is 4.74 Å². The third-order valence-electron chi connectivity index (χ3n) is 5.55. The Kier molecular flexibility index (Phi) is 6.01. The van der Waals surface area contributed by atoms with Crippen LogP contribution >= 0.6 is 0 Å². The molecule has 0 N–H and O–H groups in total. The summed E-state index contributed by atoms with van der Waals surface area (Å²) in [6, 6.07) is 8.09. The predicted octanol–water partition coefficient (Wildman–Crippen LogP) is 5.53. The van der Waals surface area contributed by atoms with Crippen molar-refractivity contribution in [3.63, 3.8) is 0 Å². The van der Waals surface area contributed by atoms with E-state index in [0.717, 1.165) is 30.5 Å². The maximum atomic E-state index is 13.5. The smallest absolute Gasteiger partial charge is 0.264 e. The second kappa shape index (κ2) is 8.26. The summed E-state index contributed by atoms with van der Waals surface area (Å²) in [4.78, 5) is 15.4. The van der Waals surface area contributed by atoms with Crippen LogP contribution in [0, 0.1) is 5.92 Å². The molecule has 2 atom stereocenters. The van der Waals surface area contributed by atoms with Gasteiger partial charge in [0.05, 0.1) is 12.3 Å². The number of ether oxygens (including phenoxy) is 1. The molecule has 1 aromatic rings. The molecule has 2 heterocycles. The second-order valence-electron chi connectivity index (χ2n) is 7.89. The van der Waals surface area contributed by atoms with Crippen molar-refractivity contribution in [2.24, 2.45) is 5.92 Å². The Morgan fingerprint density at radius 3 is 2.81 bits per heavy atom. The summed E-state index contributed by atoms with van der Waals surface area (Å²) < 4.78 is 6.25. The molecule has 27 heavy (non-hydrogen) atoms. The van der Waals surface area contributed by atoms with Crippen molar-refractivity contribution in [3.05, 3.63) is 65.3 Å². The van der Waals surface area contributed by atoms with E-state index in [0.29, 0.717) is 13.2 Å². The van der Waals surface area contributed by atoms with E-state index >= 15 is 0 Å². The number of nitrogens with zero attached hydrogens (tertiary/aromatic N) is 1. The number of carbonyl (C=O) groups excluding carboxylic acids is 1. The van der Waals surface area contributed by atoms with Crippen molar-refractivity contribution in [1.29, 1.82) is 0 Å². The predicted molar refractivity (Wildman–Crippen MR) is 112 cm³/mol. The first-order valence-corrected chi connectivity index (χ1v) is 9.98. The van der Waals surface area contributed by atoms with Gasteiger partial charge in [0.25, 0.3) is 5.91 Å². The molecule has 0 aliphatic carbocycles. The van der Waals surface area contributed by atoms with Crippen molar-refractivity contribution in [1.82, 2.24) is 0 Å². The number of rotatable bonds is 5. The molecule has 1 spiro atoms. The van der Waals surface area contributed by atoms with E-state index in [1.54, 1.807) is 0 Å². The van der Waals surface area contributed by atoms with E-state index in [-0.39, 0.29) is 11.8 Å². The van der Waals surface area contributed by atoms with Gasteiger partial charge in [-0.25, -0.2) is 0 Å². The van der Waals surface area contributed by atoms with Gasteiger partial charge >= 0.3 is 0 Å². The fraction of sp³-hybridized carbons (Fsp3) is 0.458. The summed E-state index contributed by atoms with van der Waals surface area (Å²) in [6.07, 6.45) is 11.6. The maximum absolute atomic E-state index is 13.5. The van der Waals surface area contributed by atoms with Crippen LogP contribution in [0.4, 0.5) is 5.69 Å². The van der Waals surface area contributed by atoms with Gasteiger partial charge in [-0.1, -0.05) is 60.6 Å². The Balaban J connectivity index is 1.86. The number of amides is 1. The standard InChI is InChI=1S/C24H31NO2/c1-18(2)10-9-11-19(3)15-16-25-22-14-6-5-13-21(22)24(23(25)26)20(4)12-7-8-17-27-24/h5-7,10,12-15,20H,8-9,11,16-17H2,1-4H3/b19-15+/t20-,24-/m1/s1. The Bertz CT molecular complexity index is 785. The first-order valence-electron chi connectivity index (χ1n) is 9.98. The first-order chi connectivity index (χ1) is 13.0. The molecule has 0 bridgehead atoms. The van der Waals surface area contributed by atoms with Crippen molar-refractivity contribution in [2.45, 2.75) is 52.6 Å². The highest BCUT2D eigenvalue weighted by Gasteiger charge is 2.54. The number of benzene rings is 1. The molecule has 2 aliphatic rings. The van der Waals surface area contributed by atoms with Crippen LogP contribution in [0.2, 0.25) is 0 Å². The lowest BCUT2D eigenvalue weighted by atomic mass is 9.83. The van der Waals surface area contributed by atoms with Crippen LogP contribution in [0.15, 0.2) is 59.7 Å². The highest BCUT2D eigenvalue weighted by molar-refractivity contribution is 6.07. The summed E-state index contributed by atoms with van der Waals surface area (Å²) >= 11 is 0. The summed E-state index contributed by atoms with van der Waals surface area (Å²) in [5, 5.41) is 0. The maximum Gasteiger partial charge on any atom is 0.264 e. The van der Waals surface area contributed by atoms with Crippen molar-refractivity contribution < 1.29 is 9.53 Å². The number of carbonyl (C=O) groups is 1. The molecule has 1 aromatic carbocycles. The zero-order chi connectivity index (χ0) is 19.4. The first kappa shape index (κ1) is 19.6. The molecule has 0 saturated heterocycles. The van der Waals surface area contributed by atoms with Gasteiger partial charge in [0.1, 0.15) is 0 Å². The van der Waals surface area contributed by atoms with E-state index in [1.165, 1.54) is 11.1 Å². The molecule has 0 saturated carbocycles. The van der Waals surface area contributed by atoms with E-state index in [2.05, 4.69) is 52.0 Å². The highest BCUT2D eigenvalue weighted by atomic mass is 16.5. The second-order valence-corrected chi connectivity index (χ2v) is 7.89. The molecular formula is C24H31NO2. The van der Waals surface area contributed by atoms with Crippen LogP contribution in [0.25, 0.3) is 0 Å². The van der Waals surface area contributed by atoms with Crippen LogP contribution in [-0.4, -0.2) is 19.1 Å².